The van der Waals surface area contributed by atoms with Crippen LogP contribution in [0.3, 0.4) is 0 Å². The van der Waals surface area contributed by atoms with Crippen molar-refractivity contribution in [2.75, 3.05) is 6.54 Å². The van der Waals surface area contributed by atoms with Crippen molar-refractivity contribution in [2.24, 2.45) is 0 Å². The van der Waals surface area contributed by atoms with Crippen molar-refractivity contribution in [3.8, 4) is 11.3 Å². The molecule has 1 fully saturated rings. The molecule has 2 aromatic heterocycles. The van der Waals surface area contributed by atoms with Gasteiger partial charge in [0.1, 0.15) is 17.3 Å². The highest BCUT2D eigenvalue weighted by molar-refractivity contribution is 5.93. The van der Waals surface area contributed by atoms with E-state index in [9.17, 15) is 9.18 Å². The maximum absolute atomic E-state index is 14.0. The number of nitrogens with zero attached hydrogens (tertiary/aromatic N) is 3. The zero-order chi connectivity index (χ0) is 19.0. The Hall–Kier alpha value is -2.96. The predicted octanol–water partition coefficient (Wildman–Crippen LogP) is 4.32. The number of aryl methyl sites for hydroxylation is 2. The first-order valence-corrected chi connectivity index (χ1v) is 9.07. The summed E-state index contributed by atoms with van der Waals surface area (Å²) in [5.74, 6) is 0.251. The molecule has 0 aliphatic carbocycles. The lowest BCUT2D eigenvalue weighted by Gasteiger charge is -2.23. The fourth-order valence-corrected chi connectivity index (χ4v) is 3.73. The number of benzene rings is 1. The molecular formula is C20H20FN3O3. The van der Waals surface area contributed by atoms with E-state index in [0.717, 1.165) is 29.9 Å². The van der Waals surface area contributed by atoms with Gasteiger partial charge in [-0.1, -0.05) is 29.4 Å². The number of likely N-dealkylation sites (tertiary alicyclic amines) is 1. The second-order valence-corrected chi connectivity index (χ2v) is 6.67. The lowest BCUT2D eigenvalue weighted by molar-refractivity contribution is 0.0692. The maximum atomic E-state index is 14.0. The first kappa shape index (κ1) is 17.5. The quantitative estimate of drug-likeness (QED) is 0.685. The number of aromatic nitrogens is 2. The molecule has 3 heterocycles. The highest BCUT2D eigenvalue weighted by atomic mass is 19.1. The summed E-state index contributed by atoms with van der Waals surface area (Å²) in [6.07, 6.45) is 2.45. The Morgan fingerprint density at radius 1 is 1.30 bits per heavy atom. The van der Waals surface area contributed by atoms with Gasteiger partial charge in [0.05, 0.1) is 11.7 Å². The zero-order valence-corrected chi connectivity index (χ0v) is 15.2. The van der Waals surface area contributed by atoms with E-state index < -0.39 is 5.82 Å². The average molecular weight is 369 g/mol. The minimum Gasteiger partial charge on any atom is -0.361 e. The Kier molecular flexibility index (Phi) is 4.51. The first-order chi connectivity index (χ1) is 13.1. The summed E-state index contributed by atoms with van der Waals surface area (Å²) >= 11 is 0. The van der Waals surface area contributed by atoms with Gasteiger partial charge in [-0.3, -0.25) is 4.79 Å². The minimum atomic E-state index is -0.406. The fourth-order valence-electron chi connectivity index (χ4n) is 3.73. The number of carbonyl (C=O) groups is 1. The van der Waals surface area contributed by atoms with Gasteiger partial charge in [0.2, 0.25) is 5.76 Å². The standard InChI is InChI=1S/C20H20FN3O3/c1-3-17-19(12(2)22-26-17)16-9-6-10-24(16)20(25)18-11-15(23-27-18)13-7-4-5-8-14(13)21/h4-5,7-8,11,16H,3,6,9-10H2,1-2H3/t16-/m0/s1. The molecule has 6 nitrogen and oxygen atoms in total. The molecule has 0 radical (unpaired) electrons. The van der Waals surface area contributed by atoms with Gasteiger partial charge in [-0.15, -0.1) is 0 Å². The van der Waals surface area contributed by atoms with E-state index >= 15 is 0 Å². The number of rotatable bonds is 4. The summed E-state index contributed by atoms with van der Waals surface area (Å²) in [5, 5.41) is 7.95. The highest BCUT2D eigenvalue weighted by Gasteiger charge is 2.36. The molecule has 1 atom stereocenters. The van der Waals surface area contributed by atoms with Crippen molar-refractivity contribution >= 4 is 5.91 Å². The van der Waals surface area contributed by atoms with Crippen molar-refractivity contribution in [1.29, 1.82) is 0 Å². The van der Waals surface area contributed by atoms with Crippen LogP contribution in [-0.2, 0) is 6.42 Å². The van der Waals surface area contributed by atoms with Crippen LogP contribution < -0.4 is 0 Å². The second kappa shape index (κ2) is 6.98. The Morgan fingerprint density at radius 3 is 2.89 bits per heavy atom. The summed E-state index contributed by atoms with van der Waals surface area (Å²) in [6.45, 7) is 4.51. The van der Waals surface area contributed by atoms with Crippen LogP contribution in [0.4, 0.5) is 4.39 Å². The van der Waals surface area contributed by atoms with Crippen LogP contribution in [-0.4, -0.2) is 27.7 Å². The predicted molar refractivity (Wildman–Crippen MR) is 95.5 cm³/mol. The fraction of sp³-hybridized carbons (Fsp3) is 0.350. The van der Waals surface area contributed by atoms with E-state index in [1.54, 1.807) is 23.1 Å². The van der Waals surface area contributed by atoms with Crippen molar-refractivity contribution in [3.63, 3.8) is 0 Å². The van der Waals surface area contributed by atoms with Crippen LogP contribution in [0.15, 0.2) is 39.4 Å². The summed E-state index contributed by atoms with van der Waals surface area (Å²) in [7, 11) is 0. The Bertz CT molecular complexity index is 979. The van der Waals surface area contributed by atoms with E-state index in [0.29, 0.717) is 24.2 Å². The number of carbonyl (C=O) groups excluding carboxylic acids is 1. The van der Waals surface area contributed by atoms with E-state index in [1.807, 2.05) is 13.8 Å². The lowest BCUT2D eigenvalue weighted by atomic mass is 10.0. The molecule has 0 bridgehead atoms. The SMILES string of the molecule is CCc1onc(C)c1[C@@H]1CCCN1C(=O)c1cc(-c2ccccc2F)no1. The van der Waals surface area contributed by atoms with Gasteiger partial charge in [-0.2, -0.15) is 0 Å². The third-order valence-electron chi connectivity index (χ3n) is 5.02. The number of hydrogen-bond donors (Lipinski definition) is 0. The van der Waals surface area contributed by atoms with Crippen LogP contribution in [0.25, 0.3) is 11.3 Å². The zero-order valence-electron chi connectivity index (χ0n) is 15.2. The molecule has 0 N–H and O–H groups in total. The summed E-state index contributed by atoms with van der Waals surface area (Å²) in [6, 6.07) is 7.67. The van der Waals surface area contributed by atoms with Crippen LogP contribution in [0.2, 0.25) is 0 Å². The van der Waals surface area contributed by atoms with E-state index in [4.69, 9.17) is 9.05 Å². The van der Waals surface area contributed by atoms with Gasteiger partial charge in [-0.25, -0.2) is 4.39 Å². The van der Waals surface area contributed by atoms with Gasteiger partial charge < -0.3 is 13.9 Å². The molecule has 1 amide bonds. The largest absolute Gasteiger partial charge is 0.361 e. The Balaban J connectivity index is 1.63. The van der Waals surface area contributed by atoms with Crippen molar-refractivity contribution < 1.29 is 18.2 Å². The molecule has 0 saturated carbocycles. The Labute approximate surface area is 155 Å². The average Bonchev–Trinajstić information content (AvgIpc) is 3.40. The molecular weight excluding hydrogens is 349 g/mol. The molecule has 1 aliphatic rings. The maximum Gasteiger partial charge on any atom is 0.293 e. The second-order valence-electron chi connectivity index (χ2n) is 6.67. The molecule has 3 aromatic rings. The normalized spacial score (nSPS) is 16.9. The van der Waals surface area contributed by atoms with Crippen molar-refractivity contribution in [1.82, 2.24) is 15.2 Å². The molecule has 4 rings (SSSR count). The van der Waals surface area contributed by atoms with Crippen LogP contribution >= 0.6 is 0 Å². The molecule has 1 aliphatic heterocycles. The monoisotopic (exact) mass is 369 g/mol. The van der Waals surface area contributed by atoms with Gasteiger partial charge in [0.25, 0.3) is 5.91 Å². The van der Waals surface area contributed by atoms with Crippen LogP contribution in [0, 0.1) is 12.7 Å². The van der Waals surface area contributed by atoms with Crippen LogP contribution in [0.1, 0.15) is 53.4 Å². The van der Waals surface area contributed by atoms with Gasteiger partial charge >= 0.3 is 0 Å². The highest BCUT2D eigenvalue weighted by Crippen LogP contribution is 2.37. The first-order valence-electron chi connectivity index (χ1n) is 9.07. The number of halogens is 1. The number of hydrogen-bond acceptors (Lipinski definition) is 5. The Morgan fingerprint density at radius 2 is 2.11 bits per heavy atom. The molecule has 7 heteroatoms. The summed E-state index contributed by atoms with van der Waals surface area (Å²) in [4.78, 5) is 14.8. The molecule has 0 spiro atoms. The smallest absolute Gasteiger partial charge is 0.293 e. The van der Waals surface area contributed by atoms with E-state index in [1.165, 1.54) is 12.1 Å². The third kappa shape index (κ3) is 3.03. The molecule has 140 valence electrons. The lowest BCUT2D eigenvalue weighted by Crippen LogP contribution is -2.30. The van der Waals surface area contributed by atoms with Gasteiger partial charge in [0.15, 0.2) is 0 Å². The van der Waals surface area contributed by atoms with E-state index in [-0.39, 0.29) is 17.7 Å². The van der Waals surface area contributed by atoms with Gasteiger partial charge in [0, 0.05) is 30.2 Å². The number of amides is 1. The molecule has 1 saturated heterocycles. The topological polar surface area (TPSA) is 72.4 Å². The minimum absolute atomic E-state index is 0.0966. The van der Waals surface area contributed by atoms with Crippen molar-refractivity contribution in [2.45, 2.75) is 39.2 Å². The van der Waals surface area contributed by atoms with Crippen LogP contribution in [0.5, 0.6) is 0 Å². The molecule has 27 heavy (non-hydrogen) atoms. The molecule has 0 unspecified atom stereocenters. The third-order valence-corrected chi connectivity index (χ3v) is 5.02. The summed E-state index contributed by atoms with van der Waals surface area (Å²) in [5.41, 5.74) is 2.40. The van der Waals surface area contributed by atoms with E-state index in [2.05, 4.69) is 10.3 Å². The summed E-state index contributed by atoms with van der Waals surface area (Å²) < 4.78 is 24.6. The molecule has 1 aromatic carbocycles. The van der Waals surface area contributed by atoms with Crippen molar-refractivity contribution in [3.05, 3.63) is 58.9 Å². The van der Waals surface area contributed by atoms with Gasteiger partial charge in [-0.05, 0) is 31.9 Å².